The molecule has 0 spiro atoms. The van der Waals surface area contributed by atoms with E-state index in [1.807, 2.05) is 12.1 Å². The Kier molecular flexibility index (Phi) is 6.19. The first kappa shape index (κ1) is 20.6. The molecule has 0 radical (unpaired) electrons. The Morgan fingerprint density at radius 1 is 1.17 bits per heavy atom. The number of carbonyl (C=O) groups is 1. The zero-order valence-corrected chi connectivity index (χ0v) is 17.6. The molecule has 30 heavy (non-hydrogen) atoms. The van der Waals surface area contributed by atoms with Gasteiger partial charge in [0.15, 0.2) is 0 Å². The van der Waals surface area contributed by atoms with Gasteiger partial charge in [-0.3, -0.25) is 4.79 Å². The van der Waals surface area contributed by atoms with Crippen LogP contribution < -0.4 is 5.73 Å². The molecule has 2 aromatic carbocycles. The number of hydrogen-bond donors (Lipinski definition) is 2. The lowest BCUT2D eigenvalue weighted by Gasteiger charge is -2.18. The number of nitrogens with two attached hydrogens (primary N) is 1. The van der Waals surface area contributed by atoms with Gasteiger partial charge in [-0.15, -0.1) is 0 Å². The number of rotatable bonds is 7. The Bertz CT molecular complexity index is 957. The zero-order chi connectivity index (χ0) is 21.1. The van der Waals surface area contributed by atoms with Crippen LogP contribution >= 0.6 is 0 Å². The maximum atomic E-state index is 11.2. The lowest BCUT2D eigenvalue weighted by Crippen LogP contribution is -2.17. The van der Waals surface area contributed by atoms with Crippen molar-refractivity contribution in [2.24, 2.45) is 23.5 Å². The molecule has 0 bridgehead atoms. The lowest BCUT2D eigenvalue weighted by molar-refractivity contribution is 0.1000. The first-order valence-electron chi connectivity index (χ1n) is 11.0. The quantitative estimate of drug-likeness (QED) is 0.657. The summed E-state index contributed by atoms with van der Waals surface area (Å²) in [5, 5.41) is 10.6. The van der Waals surface area contributed by atoms with Gasteiger partial charge in [-0.1, -0.05) is 65.8 Å². The highest BCUT2D eigenvalue weighted by Gasteiger charge is 2.43. The number of benzene rings is 2. The number of aliphatic hydroxyl groups is 1. The van der Waals surface area contributed by atoms with E-state index in [0.717, 1.165) is 32.1 Å². The van der Waals surface area contributed by atoms with E-state index in [2.05, 4.69) is 49.4 Å². The Labute approximate surface area is 179 Å². The summed E-state index contributed by atoms with van der Waals surface area (Å²) < 4.78 is 0. The van der Waals surface area contributed by atoms with Crippen molar-refractivity contribution in [1.82, 2.24) is 0 Å². The van der Waals surface area contributed by atoms with Crippen LogP contribution in [0.3, 0.4) is 0 Å². The summed E-state index contributed by atoms with van der Waals surface area (Å²) in [4.78, 5) is 11.2. The number of amides is 1. The molecule has 0 aromatic heterocycles. The molecule has 1 saturated carbocycles. The summed E-state index contributed by atoms with van der Waals surface area (Å²) in [6.45, 7) is 2.13. The monoisotopic (exact) mass is 401 g/mol. The summed E-state index contributed by atoms with van der Waals surface area (Å²) >= 11 is 0. The summed E-state index contributed by atoms with van der Waals surface area (Å²) in [7, 11) is 0. The molecule has 156 valence electrons. The highest BCUT2D eigenvalue weighted by Crippen LogP contribution is 2.47. The fourth-order valence-corrected chi connectivity index (χ4v) is 5.16. The molecule has 0 aliphatic heterocycles. The van der Waals surface area contributed by atoms with Crippen molar-refractivity contribution in [3.05, 3.63) is 94.6 Å². The SMILES string of the molecule is Cc1cccc(CCC=C[C@@H]2[C@H]3CC(Cc4ccc(C(N)=O)cc4)=C[C@H]3C[C@H]2O)c1. The van der Waals surface area contributed by atoms with Gasteiger partial charge in [0.25, 0.3) is 0 Å². The van der Waals surface area contributed by atoms with Crippen molar-refractivity contribution in [2.45, 2.75) is 45.1 Å². The van der Waals surface area contributed by atoms with E-state index >= 15 is 0 Å². The normalized spacial score (nSPS) is 25.5. The van der Waals surface area contributed by atoms with E-state index < -0.39 is 0 Å². The van der Waals surface area contributed by atoms with Gasteiger partial charge < -0.3 is 10.8 Å². The van der Waals surface area contributed by atoms with E-state index in [1.165, 1.54) is 22.3 Å². The number of carbonyl (C=O) groups excluding carboxylic acids is 1. The summed E-state index contributed by atoms with van der Waals surface area (Å²) in [6, 6.07) is 16.3. The predicted molar refractivity (Wildman–Crippen MR) is 121 cm³/mol. The molecule has 1 fully saturated rings. The highest BCUT2D eigenvalue weighted by atomic mass is 16.3. The minimum atomic E-state index is -0.387. The van der Waals surface area contributed by atoms with Crippen molar-refractivity contribution in [3.63, 3.8) is 0 Å². The van der Waals surface area contributed by atoms with Gasteiger partial charge in [0.05, 0.1) is 6.10 Å². The van der Waals surface area contributed by atoms with Gasteiger partial charge in [0, 0.05) is 11.5 Å². The molecule has 4 rings (SSSR count). The fourth-order valence-electron chi connectivity index (χ4n) is 5.16. The summed E-state index contributed by atoms with van der Waals surface area (Å²) in [6.07, 6.45) is 11.6. The maximum Gasteiger partial charge on any atom is 0.248 e. The number of aryl methyl sites for hydroxylation is 2. The van der Waals surface area contributed by atoms with Crippen LogP contribution in [0, 0.1) is 24.7 Å². The van der Waals surface area contributed by atoms with Crippen LogP contribution in [0.2, 0.25) is 0 Å². The standard InChI is InChI=1S/C27H31NO2/c1-18-5-4-7-19(13-18)6-2-3-8-24-25-16-21(15-23(25)17-26(24)29)14-20-9-11-22(12-10-20)27(28)30/h3-5,7-13,15,23-26,29H,2,6,14,16-17H2,1H3,(H2,28,30)/t23-,24+,25-,26+/m0/s1. The van der Waals surface area contributed by atoms with Crippen LogP contribution in [0.25, 0.3) is 0 Å². The summed E-state index contributed by atoms with van der Waals surface area (Å²) in [5.74, 6) is 0.849. The molecule has 0 heterocycles. The second kappa shape index (κ2) is 9.01. The zero-order valence-electron chi connectivity index (χ0n) is 17.6. The van der Waals surface area contributed by atoms with Crippen molar-refractivity contribution in [2.75, 3.05) is 0 Å². The van der Waals surface area contributed by atoms with Gasteiger partial charge in [-0.25, -0.2) is 0 Å². The first-order chi connectivity index (χ1) is 14.5. The summed E-state index contributed by atoms with van der Waals surface area (Å²) in [5.41, 5.74) is 11.2. The minimum absolute atomic E-state index is 0.233. The topological polar surface area (TPSA) is 63.3 Å². The van der Waals surface area contributed by atoms with E-state index in [4.69, 9.17) is 5.73 Å². The smallest absolute Gasteiger partial charge is 0.248 e. The van der Waals surface area contributed by atoms with Crippen LogP contribution in [0.1, 0.15) is 46.3 Å². The van der Waals surface area contributed by atoms with Crippen LogP contribution in [0.15, 0.2) is 72.3 Å². The third-order valence-corrected chi connectivity index (χ3v) is 6.66. The average Bonchev–Trinajstić information content (AvgIpc) is 3.22. The van der Waals surface area contributed by atoms with Crippen LogP contribution in [-0.2, 0) is 12.8 Å². The minimum Gasteiger partial charge on any atom is -0.392 e. The number of fused-ring (bicyclic) bond motifs is 1. The second-order valence-corrected chi connectivity index (χ2v) is 8.93. The number of allylic oxidation sites excluding steroid dienone is 3. The highest BCUT2D eigenvalue weighted by molar-refractivity contribution is 5.92. The van der Waals surface area contributed by atoms with Crippen LogP contribution in [0.4, 0.5) is 0 Å². The third kappa shape index (κ3) is 4.73. The van der Waals surface area contributed by atoms with Crippen LogP contribution in [-0.4, -0.2) is 17.1 Å². The van der Waals surface area contributed by atoms with Crippen molar-refractivity contribution in [3.8, 4) is 0 Å². The van der Waals surface area contributed by atoms with Crippen LogP contribution in [0.5, 0.6) is 0 Å². The number of aliphatic hydroxyl groups excluding tert-OH is 1. The van der Waals surface area contributed by atoms with E-state index in [0.29, 0.717) is 17.4 Å². The molecule has 3 nitrogen and oxygen atoms in total. The van der Waals surface area contributed by atoms with Crippen molar-refractivity contribution < 1.29 is 9.90 Å². The second-order valence-electron chi connectivity index (χ2n) is 8.93. The van der Waals surface area contributed by atoms with E-state index in [1.54, 1.807) is 12.1 Å². The average molecular weight is 402 g/mol. The van der Waals surface area contributed by atoms with Gasteiger partial charge in [-0.05, 0) is 74.1 Å². The molecule has 0 unspecified atom stereocenters. The number of primary amides is 1. The molecular formula is C27H31NO2. The molecular weight excluding hydrogens is 370 g/mol. The Morgan fingerprint density at radius 2 is 1.97 bits per heavy atom. The van der Waals surface area contributed by atoms with E-state index in [9.17, 15) is 9.90 Å². The largest absolute Gasteiger partial charge is 0.392 e. The molecule has 2 aromatic rings. The molecule has 0 saturated heterocycles. The van der Waals surface area contributed by atoms with Gasteiger partial charge in [0.2, 0.25) is 5.91 Å². The van der Waals surface area contributed by atoms with Crippen molar-refractivity contribution >= 4 is 5.91 Å². The first-order valence-corrected chi connectivity index (χ1v) is 11.0. The molecule has 1 amide bonds. The predicted octanol–water partition coefficient (Wildman–Crippen LogP) is 4.77. The number of hydrogen-bond acceptors (Lipinski definition) is 2. The van der Waals surface area contributed by atoms with E-state index in [-0.39, 0.29) is 17.9 Å². The Morgan fingerprint density at radius 3 is 2.70 bits per heavy atom. The Hall–Kier alpha value is -2.65. The van der Waals surface area contributed by atoms with Gasteiger partial charge >= 0.3 is 0 Å². The third-order valence-electron chi connectivity index (χ3n) is 6.66. The molecule has 2 aliphatic carbocycles. The van der Waals surface area contributed by atoms with Gasteiger partial charge in [-0.2, -0.15) is 0 Å². The fraction of sp³-hybridized carbons (Fsp3) is 0.370. The molecule has 4 atom stereocenters. The lowest BCUT2D eigenvalue weighted by atomic mass is 9.88. The van der Waals surface area contributed by atoms with Crippen molar-refractivity contribution in [1.29, 1.82) is 0 Å². The maximum absolute atomic E-state index is 11.2. The Balaban J connectivity index is 1.33. The molecule has 3 heteroatoms. The molecule has 2 aliphatic rings. The van der Waals surface area contributed by atoms with Gasteiger partial charge in [0.1, 0.15) is 0 Å². The molecule has 3 N–H and O–H groups in total.